The summed E-state index contributed by atoms with van der Waals surface area (Å²) in [4.78, 5) is 11.4. The summed E-state index contributed by atoms with van der Waals surface area (Å²) in [6.45, 7) is 4.39. The molecule has 1 N–H and O–H groups in total. The molecule has 1 aromatic carbocycles. The Morgan fingerprint density at radius 3 is 2.75 bits per heavy atom. The summed E-state index contributed by atoms with van der Waals surface area (Å²) < 4.78 is 10.1. The van der Waals surface area contributed by atoms with E-state index < -0.39 is 0 Å². The molecule has 1 amide bonds. The fourth-order valence-electron chi connectivity index (χ4n) is 1.28. The number of rotatable bonds is 5. The summed E-state index contributed by atoms with van der Waals surface area (Å²) in [5.41, 5.74) is 1.75. The van der Waals surface area contributed by atoms with Crippen molar-refractivity contribution in [2.45, 2.75) is 13.8 Å². The van der Waals surface area contributed by atoms with E-state index in [0.717, 1.165) is 17.0 Å². The van der Waals surface area contributed by atoms with Gasteiger partial charge in [0.05, 0.1) is 7.11 Å². The summed E-state index contributed by atoms with van der Waals surface area (Å²) >= 11 is 0. The molecule has 0 bridgehead atoms. The van der Waals surface area contributed by atoms with Gasteiger partial charge in [-0.15, -0.1) is 0 Å². The van der Waals surface area contributed by atoms with Crippen LogP contribution in [0.15, 0.2) is 18.2 Å². The second kappa shape index (κ2) is 6.12. The van der Waals surface area contributed by atoms with E-state index in [9.17, 15) is 4.79 Å². The van der Waals surface area contributed by atoms with E-state index in [0.29, 0.717) is 6.61 Å². The minimum atomic E-state index is -0.143. The molecule has 0 saturated carbocycles. The standard InChI is InChI=1S/C12H17NO3/c1-4-16-8-12(14)13-11-6-5-10(15-3)7-9(11)2/h5-7H,4,8H2,1-3H3,(H,13,14). The predicted octanol–water partition coefficient (Wildman–Crippen LogP) is 1.98. The number of carbonyl (C=O) groups excluding carboxylic acids is 1. The van der Waals surface area contributed by atoms with Crippen molar-refractivity contribution in [3.63, 3.8) is 0 Å². The van der Waals surface area contributed by atoms with Crippen molar-refractivity contribution in [2.24, 2.45) is 0 Å². The maximum absolute atomic E-state index is 11.4. The number of aryl methyl sites for hydroxylation is 1. The van der Waals surface area contributed by atoms with Gasteiger partial charge in [-0.3, -0.25) is 4.79 Å². The minimum absolute atomic E-state index is 0.0853. The minimum Gasteiger partial charge on any atom is -0.497 e. The largest absolute Gasteiger partial charge is 0.497 e. The van der Waals surface area contributed by atoms with Gasteiger partial charge in [0.1, 0.15) is 12.4 Å². The zero-order valence-electron chi connectivity index (χ0n) is 9.87. The van der Waals surface area contributed by atoms with Gasteiger partial charge in [0.2, 0.25) is 5.91 Å². The Balaban J connectivity index is 2.63. The zero-order valence-corrected chi connectivity index (χ0v) is 9.87. The smallest absolute Gasteiger partial charge is 0.250 e. The number of ether oxygens (including phenoxy) is 2. The highest BCUT2D eigenvalue weighted by atomic mass is 16.5. The highest BCUT2D eigenvalue weighted by Crippen LogP contribution is 2.20. The Labute approximate surface area is 95.6 Å². The molecule has 1 rings (SSSR count). The zero-order chi connectivity index (χ0) is 12.0. The summed E-state index contributed by atoms with van der Waals surface area (Å²) in [5.74, 6) is 0.635. The molecule has 0 atom stereocenters. The number of carbonyl (C=O) groups is 1. The van der Waals surface area contributed by atoms with Crippen molar-refractivity contribution in [1.29, 1.82) is 0 Å². The van der Waals surface area contributed by atoms with Crippen molar-refractivity contribution in [3.05, 3.63) is 23.8 Å². The fourth-order valence-corrected chi connectivity index (χ4v) is 1.28. The lowest BCUT2D eigenvalue weighted by atomic mass is 10.2. The van der Waals surface area contributed by atoms with Gasteiger partial charge in [0, 0.05) is 12.3 Å². The number of hydrogen-bond acceptors (Lipinski definition) is 3. The van der Waals surface area contributed by atoms with Gasteiger partial charge in [-0.1, -0.05) is 0 Å². The second-order valence-electron chi connectivity index (χ2n) is 3.37. The lowest BCUT2D eigenvalue weighted by molar-refractivity contribution is -0.120. The van der Waals surface area contributed by atoms with E-state index in [2.05, 4.69) is 5.32 Å². The molecule has 16 heavy (non-hydrogen) atoms. The fraction of sp³-hybridized carbons (Fsp3) is 0.417. The summed E-state index contributed by atoms with van der Waals surface area (Å²) in [6.07, 6.45) is 0. The van der Waals surface area contributed by atoms with Crippen molar-refractivity contribution < 1.29 is 14.3 Å². The van der Waals surface area contributed by atoms with Gasteiger partial charge in [-0.25, -0.2) is 0 Å². The van der Waals surface area contributed by atoms with Crippen LogP contribution in [0.25, 0.3) is 0 Å². The van der Waals surface area contributed by atoms with Crippen LogP contribution >= 0.6 is 0 Å². The number of benzene rings is 1. The van der Waals surface area contributed by atoms with Crippen molar-refractivity contribution in [1.82, 2.24) is 0 Å². The molecule has 0 radical (unpaired) electrons. The molecule has 0 aliphatic carbocycles. The van der Waals surface area contributed by atoms with E-state index in [4.69, 9.17) is 9.47 Å². The summed E-state index contributed by atoms with van der Waals surface area (Å²) in [7, 11) is 1.61. The first kappa shape index (κ1) is 12.5. The Morgan fingerprint density at radius 1 is 1.44 bits per heavy atom. The van der Waals surface area contributed by atoms with E-state index in [1.165, 1.54) is 0 Å². The predicted molar refractivity (Wildman–Crippen MR) is 62.9 cm³/mol. The number of anilines is 1. The molecule has 1 aromatic rings. The SMILES string of the molecule is CCOCC(=O)Nc1ccc(OC)cc1C. The van der Waals surface area contributed by atoms with Crippen LogP contribution in [0.2, 0.25) is 0 Å². The molecule has 0 saturated heterocycles. The Bertz CT molecular complexity index is 363. The van der Waals surface area contributed by atoms with Crippen LogP contribution in [0, 0.1) is 6.92 Å². The molecule has 0 fully saturated rings. The maximum Gasteiger partial charge on any atom is 0.250 e. The molecule has 0 aliphatic heterocycles. The third-order valence-electron chi connectivity index (χ3n) is 2.14. The monoisotopic (exact) mass is 223 g/mol. The molecule has 0 aromatic heterocycles. The molecule has 0 heterocycles. The Morgan fingerprint density at radius 2 is 2.19 bits per heavy atom. The average Bonchev–Trinajstić information content (AvgIpc) is 2.29. The van der Waals surface area contributed by atoms with Crippen molar-refractivity contribution >= 4 is 11.6 Å². The average molecular weight is 223 g/mol. The number of amides is 1. The lowest BCUT2D eigenvalue weighted by Crippen LogP contribution is -2.18. The van der Waals surface area contributed by atoms with Crippen LogP contribution in [0.5, 0.6) is 5.75 Å². The highest BCUT2D eigenvalue weighted by Gasteiger charge is 2.05. The molecule has 0 spiro atoms. The van der Waals surface area contributed by atoms with Crippen molar-refractivity contribution in [3.8, 4) is 5.75 Å². The van der Waals surface area contributed by atoms with E-state index in [-0.39, 0.29) is 12.5 Å². The lowest BCUT2D eigenvalue weighted by Gasteiger charge is -2.09. The summed E-state index contributed by atoms with van der Waals surface area (Å²) in [6, 6.07) is 5.50. The molecule has 88 valence electrons. The van der Waals surface area contributed by atoms with Crippen LogP contribution in [-0.4, -0.2) is 26.2 Å². The van der Waals surface area contributed by atoms with Crippen molar-refractivity contribution in [2.75, 3.05) is 25.6 Å². The van der Waals surface area contributed by atoms with E-state index >= 15 is 0 Å². The van der Waals surface area contributed by atoms with E-state index in [1.807, 2.05) is 32.0 Å². The molecule has 4 nitrogen and oxygen atoms in total. The highest BCUT2D eigenvalue weighted by molar-refractivity contribution is 5.92. The van der Waals surface area contributed by atoms with Gasteiger partial charge in [-0.2, -0.15) is 0 Å². The number of nitrogens with one attached hydrogen (secondary N) is 1. The second-order valence-corrected chi connectivity index (χ2v) is 3.37. The van der Waals surface area contributed by atoms with Gasteiger partial charge >= 0.3 is 0 Å². The first-order valence-corrected chi connectivity index (χ1v) is 5.19. The third kappa shape index (κ3) is 3.55. The Kier molecular flexibility index (Phi) is 4.79. The normalized spacial score (nSPS) is 9.94. The molecule has 0 unspecified atom stereocenters. The van der Waals surface area contributed by atoms with Crippen LogP contribution in [-0.2, 0) is 9.53 Å². The first-order chi connectivity index (χ1) is 7.67. The van der Waals surface area contributed by atoms with Crippen LogP contribution < -0.4 is 10.1 Å². The molecule has 0 aliphatic rings. The van der Waals surface area contributed by atoms with Crippen LogP contribution in [0.1, 0.15) is 12.5 Å². The maximum atomic E-state index is 11.4. The topological polar surface area (TPSA) is 47.6 Å². The van der Waals surface area contributed by atoms with Gasteiger partial charge in [0.25, 0.3) is 0 Å². The van der Waals surface area contributed by atoms with E-state index in [1.54, 1.807) is 7.11 Å². The van der Waals surface area contributed by atoms with Crippen LogP contribution in [0.3, 0.4) is 0 Å². The Hall–Kier alpha value is -1.55. The number of hydrogen-bond donors (Lipinski definition) is 1. The molecular weight excluding hydrogens is 206 g/mol. The van der Waals surface area contributed by atoms with Gasteiger partial charge in [-0.05, 0) is 37.6 Å². The number of methoxy groups -OCH3 is 1. The summed E-state index contributed by atoms with van der Waals surface area (Å²) in [5, 5.41) is 2.78. The quantitative estimate of drug-likeness (QED) is 0.830. The third-order valence-corrected chi connectivity index (χ3v) is 2.14. The molecular formula is C12H17NO3. The van der Waals surface area contributed by atoms with Crippen LogP contribution in [0.4, 0.5) is 5.69 Å². The van der Waals surface area contributed by atoms with Gasteiger partial charge in [0.15, 0.2) is 0 Å². The van der Waals surface area contributed by atoms with Gasteiger partial charge < -0.3 is 14.8 Å². The first-order valence-electron chi connectivity index (χ1n) is 5.19. The molecule has 4 heteroatoms.